The number of anilines is 1. The number of aliphatic hydroxyl groups excluding tert-OH is 1. The maximum Gasteiger partial charge on any atom is 0.198 e. The number of fused-ring (bicyclic) bond motifs is 1. The van der Waals surface area contributed by atoms with E-state index in [0.717, 1.165) is 18.5 Å². The summed E-state index contributed by atoms with van der Waals surface area (Å²) in [5, 5.41) is 13.3. The number of aromatic nitrogens is 2. The molecule has 1 saturated heterocycles. The number of aliphatic hydroxyl groups is 1. The molecule has 34 heavy (non-hydrogen) atoms. The third-order valence-electron chi connectivity index (χ3n) is 5.92. The molecule has 1 aliphatic rings. The van der Waals surface area contributed by atoms with Crippen LogP contribution in [0.1, 0.15) is 28.8 Å². The van der Waals surface area contributed by atoms with E-state index in [-0.39, 0.29) is 24.3 Å². The molecule has 4 aromatic rings. The second kappa shape index (κ2) is 9.62. The van der Waals surface area contributed by atoms with Gasteiger partial charge in [0.05, 0.1) is 35.8 Å². The van der Waals surface area contributed by atoms with Gasteiger partial charge in [-0.05, 0) is 43.2 Å². The highest BCUT2D eigenvalue weighted by molar-refractivity contribution is 6.18. The van der Waals surface area contributed by atoms with E-state index in [9.17, 15) is 14.3 Å². The Labute approximate surface area is 195 Å². The molecule has 0 spiro atoms. The van der Waals surface area contributed by atoms with Crippen LogP contribution >= 0.6 is 0 Å². The summed E-state index contributed by atoms with van der Waals surface area (Å²) in [5.41, 5.74) is 1.52. The number of pyridine rings is 1. The average molecular weight is 461 g/mol. The Balaban J connectivity index is 1.40. The fourth-order valence-electron chi connectivity index (χ4n) is 4.15. The molecule has 0 aliphatic carbocycles. The van der Waals surface area contributed by atoms with Crippen LogP contribution in [0.4, 0.5) is 10.1 Å². The van der Waals surface area contributed by atoms with Gasteiger partial charge in [-0.15, -0.1) is 0 Å². The first-order chi connectivity index (χ1) is 16.6. The van der Waals surface area contributed by atoms with E-state index < -0.39 is 11.6 Å². The van der Waals surface area contributed by atoms with E-state index in [4.69, 9.17) is 9.47 Å². The highest BCUT2D eigenvalue weighted by atomic mass is 19.1. The fourth-order valence-corrected chi connectivity index (χ4v) is 4.15. The summed E-state index contributed by atoms with van der Waals surface area (Å²) >= 11 is 0. The Hall–Kier alpha value is -3.75. The Morgan fingerprint density at radius 3 is 2.74 bits per heavy atom. The van der Waals surface area contributed by atoms with Crippen molar-refractivity contribution < 1.29 is 23.8 Å². The van der Waals surface area contributed by atoms with Gasteiger partial charge >= 0.3 is 0 Å². The van der Waals surface area contributed by atoms with Crippen LogP contribution in [0.3, 0.4) is 0 Å². The maximum atomic E-state index is 15.0. The molecular weight excluding hydrogens is 437 g/mol. The molecule has 2 aromatic carbocycles. The third-order valence-corrected chi connectivity index (χ3v) is 5.92. The Morgan fingerprint density at radius 1 is 1.15 bits per heavy atom. The summed E-state index contributed by atoms with van der Waals surface area (Å²) in [6, 6.07) is 15.1. The highest BCUT2D eigenvalue weighted by Gasteiger charge is 2.24. The van der Waals surface area contributed by atoms with Crippen LogP contribution in [0.15, 0.2) is 67.0 Å². The topological polar surface area (TPSA) is 96.5 Å². The molecule has 8 heteroatoms. The van der Waals surface area contributed by atoms with Gasteiger partial charge in [-0.2, -0.15) is 0 Å². The lowest BCUT2D eigenvalue weighted by molar-refractivity contribution is -0.0223. The number of carbonyl (C=O) groups excluding carboxylic acids is 1. The van der Waals surface area contributed by atoms with E-state index in [1.54, 1.807) is 36.7 Å². The van der Waals surface area contributed by atoms with Gasteiger partial charge in [-0.3, -0.25) is 4.79 Å². The molecule has 2 aromatic heterocycles. The van der Waals surface area contributed by atoms with E-state index in [1.807, 2.05) is 18.2 Å². The summed E-state index contributed by atoms with van der Waals surface area (Å²) in [6.45, 7) is 0.448. The van der Waals surface area contributed by atoms with Crippen molar-refractivity contribution in [3.63, 3.8) is 0 Å². The molecule has 0 unspecified atom stereocenters. The summed E-state index contributed by atoms with van der Waals surface area (Å²) in [5.74, 6) is -0.230. The molecule has 3 heterocycles. The third kappa shape index (κ3) is 4.50. The van der Waals surface area contributed by atoms with Crippen molar-refractivity contribution in [3.8, 4) is 11.5 Å². The van der Waals surface area contributed by atoms with Gasteiger partial charge < -0.3 is 24.9 Å². The number of halogens is 1. The van der Waals surface area contributed by atoms with Crippen LogP contribution in [0.25, 0.3) is 11.0 Å². The molecule has 0 radical (unpaired) electrons. The molecule has 2 atom stereocenters. The Morgan fingerprint density at radius 2 is 2.00 bits per heavy atom. The lowest BCUT2D eigenvalue weighted by atomic mass is 10.0. The zero-order chi connectivity index (χ0) is 23.5. The molecule has 3 N–H and O–H groups in total. The van der Waals surface area contributed by atoms with Crippen molar-refractivity contribution in [3.05, 3.63) is 83.9 Å². The van der Waals surface area contributed by atoms with Gasteiger partial charge in [0.2, 0.25) is 0 Å². The van der Waals surface area contributed by atoms with Crippen molar-refractivity contribution in [2.75, 3.05) is 18.5 Å². The van der Waals surface area contributed by atoms with Gasteiger partial charge in [0, 0.05) is 30.2 Å². The largest absolute Gasteiger partial charge is 0.457 e. The van der Waals surface area contributed by atoms with Gasteiger partial charge in [-0.25, -0.2) is 9.37 Å². The standard InChI is InChI=1S/C26H24FN3O4/c27-22-12-18(34-17-4-2-1-3-5-17)8-9-20(22)25(32)21-13-29-26-24(21)23(10-11-28-26)30-16-6-7-19(14-31)33-15-16/h1-5,8-13,16,19,31H,6-7,14-15H2,(H2,28,29,30)/t16-,19+/m1/s1. The van der Waals surface area contributed by atoms with Gasteiger partial charge in [0.25, 0.3) is 0 Å². The lowest BCUT2D eigenvalue weighted by Crippen LogP contribution is -2.36. The zero-order valence-electron chi connectivity index (χ0n) is 18.3. The Kier molecular flexibility index (Phi) is 6.24. The van der Waals surface area contributed by atoms with Crippen LogP contribution in [-0.4, -0.2) is 46.2 Å². The first kappa shape index (κ1) is 22.1. The van der Waals surface area contributed by atoms with Crippen molar-refractivity contribution in [2.24, 2.45) is 0 Å². The highest BCUT2D eigenvalue weighted by Crippen LogP contribution is 2.31. The number of ether oxygens (including phenoxy) is 2. The molecule has 174 valence electrons. The van der Waals surface area contributed by atoms with E-state index in [0.29, 0.717) is 34.7 Å². The smallest absolute Gasteiger partial charge is 0.198 e. The minimum Gasteiger partial charge on any atom is -0.457 e. The molecule has 1 fully saturated rings. The lowest BCUT2D eigenvalue weighted by Gasteiger charge is -2.29. The second-order valence-electron chi connectivity index (χ2n) is 8.23. The minimum absolute atomic E-state index is 0.00340. The number of nitrogens with zero attached hydrogens (tertiary/aromatic N) is 1. The second-order valence-corrected chi connectivity index (χ2v) is 8.23. The van der Waals surface area contributed by atoms with Crippen LogP contribution < -0.4 is 10.1 Å². The van der Waals surface area contributed by atoms with Crippen LogP contribution in [0.2, 0.25) is 0 Å². The molecule has 0 saturated carbocycles. The number of H-pyrrole nitrogens is 1. The number of ketones is 1. The number of benzene rings is 2. The zero-order valence-corrected chi connectivity index (χ0v) is 18.3. The average Bonchev–Trinajstić information content (AvgIpc) is 3.30. The van der Waals surface area contributed by atoms with Crippen LogP contribution in [-0.2, 0) is 4.74 Å². The fraction of sp³-hybridized carbons (Fsp3) is 0.231. The number of para-hydroxylation sites is 1. The van der Waals surface area contributed by atoms with Crippen molar-refractivity contribution in [2.45, 2.75) is 25.0 Å². The van der Waals surface area contributed by atoms with E-state index >= 15 is 0 Å². The maximum absolute atomic E-state index is 15.0. The molecular formula is C26H24FN3O4. The molecule has 0 amide bonds. The molecule has 1 aliphatic heterocycles. The predicted molar refractivity (Wildman–Crippen MR) is 126 cm³/mol. The van der Waals surface area contributed by atoms with Gasteiger partial charge in [-0.1, -0.05) is 18.2 Å². The molecule has 0 bridgehead atoms. The molecule has 5 rings (SSSR count). The quantitative estimate of drug-likeness (QED) is 0.346. The van der Waals surface area contributed by atoms with Crippen LogP contribution in [0, 0.1) is 5.82 Å². The monoisotopic (exact) mass is 461 g/mol. The first-order valence-electron chi connectivity index (χ1n) is 11.1. The first-order valence-corrected chi connectivity index (χ1v) is 11.1. The van der Waals surface area contributed by atoms with Gasteiger partial charge in [0.15, 0.2) is 5.78 Å². The van der Waals surface area contributed by atoms with E-state index in [1.165, 1.54) is 12.1 Å². The molecule has 7 nitrogen and oxygen atoms in total. The predicted octanol–water partition coefficient (Wildman–Crippen LogP) is 4.68. The van der Waals surface area contributed by atoms with Crippen molar-refractivity contribution in [1.82, 2.24) is 9.97 Å². The number of aromatic amines is 1. The number of nitrogens with one attached hydrogen (secondary N) is 2. The number of carbonyl (C=O) groups is 1. The normalized spacial score (nSPS) is 18.1. The van der Waals surface area contributed by atoms with Crippen molar-refractivity contribution >= 4 is 22.5 Å². The summed E-state index contributed by atoms with van der Waals surface area (Å²) in [7, 11) is 0. The summed E-state index contributed by atoms with van der Waals surface area (Å²) < 4.78 is 26.3. The van der Waals surface area contributed by atoms with Gasteiger partial charge in [0.1, 0.15) is 23.0 Å². The SMILES string of the molecule is O=C(c1ccc(Oc2ccccc2)cc1F)c1c[nH]c2nccc(N[C@@H]3CC[C@@H](CO)OC3)c12. The summed E-state index contributed by atoms with van der Waals surface area (Å²) in [4.78, 5) is 20.7. The number of hydrogen-bond donors (Lipinski definition) is 3. The Bertz CT molecular complexity index is 1300. The van der Waals surface area contributed by atoms with Crippen molar-refractivity contribution in [1.29, 1.82) is 0 Å². The summed E-state index contributed by atoms with van der Waals surface area (Å²) in [6.07, 6.45) is 4.62. The number of rotatable bonds is 7. The van der Waals surface area contributed by atoms with E-state index in [2.05, 4.69) is 15.3 Å². The number of hydrogen-bond acceptors (Lipinski definition) is 6. The minimum atomic E-state index is -0.665. The van der Waals surface area contributed by atoms with Crippen LogP contribution in [0.5, 0.6) is 11.5 Å².